The molecule has 4 nitrogen and oxygen atoms in total. The summed E-state index contributed by atoms with van der Waals surface area (Å²) in [6, 6.07) is 4.32. The van der Waals surface area contributed by atoms with E-state index < -0.39 is 18.3 Å². The normalized spacial score (nSPS) is 35.9. The molecule has 0 aromatic carbocycles. The first-order valence-corrected chi connectivity index (χ1v) is 15.4. The van der Waals surface area contributed by atoms with Crippen molar-refractivity contribution in [2.24, 2.45) is 23.2 Å². The van der Waals surface area contributed by atoms with E-state index in [-0.39, 0.29) is 10.8 Å². The Hall–Kier alpha value is -2.01. The number of hydrogen-bond donors (Lipinski definition) is 3. The van der Waals surface area contributed by atoms with Crippen molar-refractivity contribution in [3.05, 3.63) is 77.2 Å². The minimum Gasteiger partial charge on any atom is -0.393 e. The Labute approximate surface area is 235 Å². The lowest BCUT2D eigenvalue weighted by atomic mass is 9.61. The molecule has 5 rings (SSSR count). The minimum absolute atomic E-state index is 0.207. The van der Waals surface area contributed by atoms with Gasteiger partial charge in [-0.3, -0.25) is 4.98 Å². The summed E-state index contributed by atoms with van der Waals surface area (Å²) in [6.07, 6.45) is 20.3. The standard InChI is InChI=1S/C35H49NO3/c1-5-7-25-10-15-32(36-22-25)35(18-19-35)33(39)16-9-23(2)29-13-14-30-26(8-6-17-34(29,30)4)11-12-27-20-28(37)21-31(38)24(27)3/h9-12,15-16,22-23,28-31,33,37-39H,3,5-8,13-14,17-21H2,1-2,4H3/b16-9+,26-11+,27-12-/t23-,28-,29-,30+,31+,33+,34-/m1/s1. The third-order valence-corrected chi connectivity index (χ3v) is 10.8. The van der Waals surface area contributed by atoms with Crippen molar-refractivity contribution in [2.75, 3.05) is 0 Å². The highest BCUT2D eigenvalue weighted by atomic mass is 16.3. The summed E-state index contributed by atoms with van der Waals surface area (Å²) in [5.74, 6) is 1.57. The van der Waals surface area contributed by atoms with Gasteiger partial charge in [-0.25, -0.2) is 0 Å². The van der Waals surface area contributed by atoms with E-state index in [2.05, 4.69) is 63.8 Å². The summed E-state index contributed by atoms with van der Waals surface area (Å²) in [5, 5.41) is 31.6. The Morgan fingerprint density at radius 3 is 2.62 bits per heavy atom. The molecule has 39 heavy (non-hydrogen) atoms. The number of aryl methyl sites for hydroxylation is 1. The van der Waals surface area contributed by atoms with Gasteiger partial charge in [0.25, 0.3) is 0 Å². The molecule has 0 spiro atoms. The zero-order valence-corrected chi connectivity index (χ0v) is 24.3. The fourth-order valence-corrected chi connectivity index (χ4v) is 8.20. The molecule has 4 aliphatic rings. The van der Waals surface area contributed by atoms with Crippen LogP contribution < -0.4 is 0 Å². The van der Waals surface area contributed by atoms with E-state index in [4.69, 9.17) is 4.98 Å². The lowest BCUT2D eigenvalue weighted by Crippen LogP contribution is -2.35. The van der Waals surface area contributed by atoms with Crippen molar-refractivity contribution in [1.29, 1.82) is 0 Å². The van der Waals surface area contributed by atoms with Crippen molar-refractivity contribution in [3.8, 4) is 0 Å². The van der Waals surface area contributed by atoms with Gasteiger partial charge in [-0.1, -0.05) is 69.7 Å². The van der Waals surface area contributed by atoms with E-state index in [1.165, 1.54) is 36.8 Å². The summed E-state index contributed by atoms with van der Waals surface area (Å²) < 4.78 is 0. The lowest BCUT2D eigenvalue weighted by Gasteiger charge is -2.44. The van der Waals surface area contributed by atoms with Gasteiger partial charge in [0, 0.05) is 23.7 Å². The van der Waals surface area contributed by atoms with Crippen LogP contribution in [0.15, 0.2) is 65.9 Å². The Morgan fingerprint density at radius 2 is 1.92 bits per heavy atom. The molecule has 0 amide bonds. The van der Waals surface area contributed by atoms with Crippen molar-refractivity contribution in [2.45, 2.75) is 115 Å². The van der Waals surface area contributed by atoms with Gasteiger partial charge in [0.05, 0.1) is 18.3 Å². The maximum atomic E-state index is 11.3. The molecule has 0 radical (unpaired) electrons. The largest absolute Gasteiger partial charge is 0.393 e. The van der Waals surface area contributed by atoms with Crippen molar-refractivity contribution >= 4 is 0 Å². The molecule has 4 aliphatic carbocycles. The van der Waals surface area contributed by atoms with E-state index >= 15 is 0 Å². The average Bonchev–Trinajstić information content (AvgIpc) is 3.65. The number of aliphatic hydroxyl groups is 3. The van der Waals surface area contributed by atoms with Crippen LogP contribution in [0.3, 0.4) is 0 Å². The third-order valence-electron chi connectivity index (χ3n) is 10.8. The quantitative estimate of drug-likeness (QED) is 0.324. The van der Waals surface area contributed by atoms with Crippen LogP contribution in [0, 0.1) is 23.2 Å². The molecule has 0 unspecified atom stereocenters. The Bertz CT molecular complexity index is 1130. The molecule has 1 heterocycles. The molecule has 1 aromatic rings. The molecule has 7 atom stereocenters. The number of aliphatic hydroxyl groups excluding tert-OH is 3. The van der Waals surface area contributed by atoms with Gasteiger partial charge in [-0.2, -0.15) is 0 Å². The SMILES string of the molecule is C=C1/C(=C\C=C2/CCC[C@]3(C)[C@@H]([C@H](C)/C=C/[C@H](O)C4(c5ccc(CCC)cn5)CC4)CC[C@@H]23)C[C@@H](O)C[C@@H]1O. The van der Waals surface area contributed by atoms with Crippen LogP contribution in [-0.4, -0.2) is 38.6 Å². The molecule has 212 valence electrons. The molecule has 1 aromatic heterocycles. The Morgan fingerprint density at radius 1 is 1.13 bits per heavy atom. The number of allylic oxidation sites excluding steroid dienone is 4. The molecular formula is C35H49NO3. The van der Waals surface area contributed by atoms with Crippen molar-refractivity contribution < 1.29 is 15.3 Å². The van der Waals surface area contributed by atoms with Gasteiger partial charge in [0.1, 0.15) is 0 Å². The second kappa shape index (κ2) is 11.5. The second-order valence-corrected chi connectivity index (χ2v) is 13.3. The third kappa shape index (κ3) is 5.62. The molecule has 0 bridgehead atoms. The highest BCUT2D eigenvalue weighted by Gasteiger charge is 2.52. The number of rotatable bonds is 8. The smallest absolute Gasteiger partial charge is 0.0832 e. The fourth-order valence-electron chi connectivity index (χ4n) is 8.20. The Kier molecular flexibility index (Phi) is 8.38. The summed E-state index contributed by atoms with van der Waals surface area (Å²) in [5.41, 5.74) is 5.64. The number of pyridine rings is 1. The van der Waals surface area contributed by atoms with E-state index in [0.29, 0.717) is 30.6 Å². The highest BCUT2D eigenvalue weighted by molar-refractivity contribution is 5.39. The zero-order chi connectivity index (χ0) is 27.8. The average molecular weight is 532 g/mol. The van der Waals surface area contributed by atoms with E-state index in [1.54, 1.807) is 0 Å². The number of hydrogen-bond acceptors (Lipinski definition) is 4. The van der Waals surface area contributed by atoms with Crippen LogP contribution in [0.2, 0.25) is 0 Å². The van der Waals surface area contributed by atoms with Crippen LogP contribution in [0.4, 0.5) is 0 Å². The van der Waals surface area contributed by atoms with Crippen LogP contribution >= 0.6 is 0 Å². The van der Waals surface area contributed by atoms with Crippen molar-refractivity contribution in [3.63, 3.8) is 0 Å². The molecule has 4 heteroatoms. The fraction of sp³-hybridized carbons (Fsp3) is 0.629. The predicted octanol–water partition coefficient (Wildman–Crippen LogP) is 6.76. The monoisotopic (exact) mass is 531 g/mol. The summed E-state index contributed by atoms with van der Waals surface area (Å²) >= 11 is 0. The van der Waals surface area contributed by atoms with E-state index in [1.807, 2.05) is 6.20 Å². The number of fused-ring (bicyclic) bond motifs is 1. The summed E-state index contributed by atoms with van der Waals surface area (Å²) in [4.78, 5) is 4.76. The zero-order valence-electron chi connectivity index (χ0n) is 24.3. The van der Waals surface area contributed by atoms with Crippen LogP contribution in [-0.2, 0) is 11.8 Å². The van der Waals surface area contributed by atoms with Crippen LogP contribution in [0.25, 0.3) is 0 Å². The van der Waals surface area contributed by atoms with Gasteiger partial charge < -0.3 is 15.3 Å². The van der Waals surface area contributed by atoms with Gasteiger partial charge in [-0.15, -0.1) is 0 Å². The molecule has 3 N–H and O–H groups in total. The van der Waals surface area contributed by atoms with Crippen molar-refractivity contribution in [1.82, 2.24) is 4.98 Å². The summed E-state index contributed by atoms with van der Waals surface area (Å²) in [6.45, 7) is 11.1. The molecule has 4 saturated carbocycles. The predicted molar refractivity (Wildman–Crippen MR) is 158 cm³/mol. The molecular weight excluding hydrogens is 482 g/mol. The van der Waals surface area contributed by atoms with Gasteiger partial charge in [-0.05, 0) is 104 Å². The first kappa shape index (κ1) is 28.5. The van der Waals surface area contributed by atoms with Crippen LogP contribution in [0.1, 0.15) is 96.2 Å². The van der Waals surface area contributed by atoms with E-state index in [0.717, 1.165) is 48.9 Å². The first-order valence-electron chi connectivity index (χ1n) is 15.4. The topological polar surface area (TPSA) is 73.6 Å². The highest BCUT2D eigenvalue weighted by Crippen LogP contribution is 2.59. The Balaban J connectivity index is 1.27. The number of nitrogens with zero attached hydrogens (tertiary/aromatic N) is 1. The lowest BCUT2D eigenvalue weighted by molar-refractivity contribution is 0.0862. The maximum absolute atomic E-state index is 11.3. The molecule has 0 saturated heterocycles. The molecule has 4 fully saturated rings. The van der Waals surface area contributed by atoms with Gasteiger partial charge >= 0.3 is 0 Å². The minimum atomic E-state index is -0.639. The van der Waals surface area contributed by atoms with Gasteiger partial charge in [0.15, 0.2) is 0 Å². The van der Waals surface area contributed by atoms with E-state index in [9.17, 15) is 15.3 Å². The summed E-state index contributed by atoms with van der Waals surface area (Å²) in [7, 11) is 0. The number of aromatic nitrogens is 1. The maximum Gasteiger partial charge on any atom is 0.0832 e. The second-order valence-electron chi connectivity index (χ2n) is 13.3. The first-order chi connectivity index (χ1) is 18.7. The molecule has 0 aliphatic heterocycles. The van der Waals surface area contributed by atoms with Gasteiger partial charge in [0.2, 0.25) is 0 Å². The van der Waals surface area contributed by atoms with Crippen LogP contribution in [0.5, 0.6) is 0 Å².